The van der Waals surface area contributed by atoms with E-state index < -0.39 is 0 Å². The summed E-state index contributed by atoms with van der Waals surface area (Å²) in [7, 11) is 3.46. The number of hydrogen-bond donors (Lipinski definition) is 1. The average Bonchev–Trinajstić information content (AvgIpc) is 2.47. The Labute approximate surface area is 121 Å². The Balaban J connectivity index is 2.18. The van der Waals surface area contributed by atoms with E-state index in [2.05, 4.69) is 11.0 Å². The molecule has 20 heavy (non-hydrogen) atoms. The molecule has 0 bridgehead atoms. The monoisotopic (exact) mass is 279 g/mol. The Kier molecular flexibility index (Phi) is 5.83. The molecule has 1 aromatic carbocycles. The van der Waals surface area contributed by atoms with Crippen LogP contribution in [0, 0.1) is 0 Å². The molecule has 0 fully saturated rings. The third kappa shape index (κ3) is 3.72. The van der Waals surface area contributed by atoms with Gasteiger partial charge < -0.3 is 14.6 Å². The fraction of sp³-hybridized carbons (Fsp3) is 0.625. The summed E-state index contributed by atoms with van der Waals surface area (Å²) in [5.74, 6) is 0.356. The van der Waals surface area contributed by atoms with Gasteiger partial charge in [-0.05, 0) is 42.5 Å². The molecule has 1 aliphatic carbocycles. The number of rotatable bonds is 7. The van der Waals surface area contributed by atoms with E-state index in [0.29, 0.717) is 25.0 Å². The number of fused-ring (bicyclic) bond motifs is 1. The fourth-order valence-corrected chi connectivity index (χ4v) is 2.98. The number of nitrogens with zero attached hydrogens (tertiary/aromatic N) is 1. The topological polar surface area (TPSA) is 41.9 Å². The third-order valence-corrected chi connectivity index (χ3v) is 4.02. The van der Waals surface area contributed by atoms with Crippen molar-refractivity contribution in [1.29, 1.82) is 0 Å². The molecule has 1 unspecified atom stereocenters. The Morgan fingerprint density at radius 1 is 1.20 bits per heavy atom. The van der Waals surface area contributed by atoms with E-state index in [0.717, 1.165) is 25.9 Å². The molecule has 4 heteroatoms. The van der Waals surface area contributed by atoms with Gasteiger partial charge in [-0.25, -0.2) is 0 Å². The molecule has 0 amide bonds. The first-order valence-corrected chi connectivity index (χ1v) is 7.30. The SMILES string of the molecule is COCCN(CCOC)C1CCCc2ccc(O)cc21. The Hall–Kier alpha value is -1.10. The van der Waals surface area contributed by atoms with Gasteiger partial charge in [0.05, 0.1) is 13.2 Å². The molecule has 1 N–H and O–H groups in total. The number of ether oxygens (including phenoxy) is 2. The Morgan fingerprint density at radius 3 is 2.55 bits per heavy atom. The van der Waals surface area contributed by atoms with Gasteiger partial charge in [0.1, 0.15) is 5.75 Å². The second-order valence-electron chi connectivity index (χ2n) is 5.31. The molecular weight excluding hydrogens is 254 g/mol. The Morgan fingerprint density at radius 2 is 1.90 bits per heavy atom. The lowest BCUT2D eigenvalue weighted by atomic mass is 9.86. The molecule has 2 rings (SSSR count). The summed E-state index contributed by atoms with van der Waals surface area (Å²) in [6.07, 6.45) is 3.43. The molecule has 0 aliphatic heterocycles. The maximum Gasteiger partial charge on any atom is 0.115 e. The predicted molar refractivity (Wildman–Crippen MR) is 79.1 cm³/mol. The molecule has 0 spiro atoms. The minimum absolute atomic E-state index is 0.356. The number of methoxy groups -OCH3 is 2. The molecular formula is C16H25NO3. The zero-order valence-electron chi connectivity index (χ0n) is 12.5. The van der Waals surface area contributed by atoms with Crippen molar-refractivity contribution in [3.8, 4) is 5.75 Å². The normalized spacial score (nSPS) is 18.2. The molecule has 1 aromatic rings. The van der Waals surface area contributed by atoms with Crippen LogP contribution in [0.3, 0.4) is 0 Å². The van der Waals surface area contributed by atoms with Crippen molar-refractivity contribution < 1.29 is 14.6 Å². The number of phenols is 1. The number of aromatic hydroxyl groups is 1. The van der Waals surface area contributed by atoms with E-state index in [-0.39, 0.29) is 0 Å². The number of phenolic OH excluding ortho intramolecular Hbond substituents is 1. The zero-order chi connectivity index (χ0) is 14.4. The number of hydrogen-bond acceptors (Lipinski definition) is 4. The minimum atomic E-state index is 0.356. The lowest BCUT2D eigenvalue weighted by Crippen LogP contribution is -2.36. The van der Waals surface area contributed by atoms with Crippen LogP contribution in [0.2, 0.25) is 0 Å². The van der Waals surface area contributed by atoms with Gasteiger partial charge in [0, 0.05) is 33.4 Å². The van der Waals surface area contributed by atoms with Crippen molar-refractivity contribution in [3.05, 3.63) is 29.3 Å². The molecule has 0 radical (unpaired) electrons. The van der Waals surface area contributed by atoms with E-state index in [1.165, 1.54) is 17.5 Å². The first-order valence-electron chi connectivity index (χ1n) is 7.30. The van der Waals surface area contributed by atoms with Gasteiger partial charge >= 0.3 is 0 Å². The van der Waals surface area contributed by atoms with Crippen LogP contribution in [0.15, 0.2) is 18.2 Å². The van der Waals surface area contributed by atoms with Gasteiger partial charge in [0.15, 0.2) is 0 Å². The highest BCUT2D eigenvalue weighted by atomic mass is 16.5. The standard InChI is InChI=1S/C16H25NO3/c1-19-10-8-17(9-11-20-2)16-5-3-4-13-6-7-14(18)12-15(13)16/h6-7,12,16,18H,3-5,8-11H2,1-2H3. The summed E-state index contributed by atoms with van der Waals surface area (Å²) in [6, 6.07) is 6.12. The molecule has 0 saturated carbocycles. The maximum absolute atomic E-state index is 9.77. The summed E-state index contributed by atoms with van der Waals surface area (Å²) in [6.45, 7) is 3.21. The lowest BCUT2D eigenvalue weighted by molar-refractivity contribution is 0.0810. The Bertz CT molecular complexity index is 414. The van der Waals surface area contributed by atoms with Crippen LogP contribution in [-0.4, -0.2) is 50.5 Å². The fourth-order valence-electron chi connectivity index (χ4n) is 2.98. The molecule has 0 saturated heterocycles. The number of aryl methyl sites for hydroxylation is 1. The van der Waals surface area contributed by atoms with E-state index >= 15 is 0 Å². The number of benzene rings is 1. The van der Waals surface area contributed by atoms with Crippen molar-refractivity contribution in [2.24, 2.45) is 0 Å². The smallest absolute Gasteiger partial charge is 0.115 e. The molecule has 1 atom stereocenters. The summed E-state index contributed by atoms with van der Waals surface area (Å²) >= 11 is 0. The van der Waals surface area contributed by atoms with E-state index in [9.17, 15) is 5.11 Å². The van der Waals surface area contributed by atoms with Crippen molar-refractivity contribution in [2.75, 3.05) is 40.5 Å². The van der Waals surface area contributed by atoms with Crippen LogP contribution < -0.4 is 0 Å². The van der Waals surface area contributed by atoms with Gasteiger partial charge in [-0.1, -0.05) is 6.07 Å². The van der Waals surface area contributed by atoms with Crippen LogP contribution >= 0.6 is 0 Å². The zero-order valence-corrected chi connectivity index (χ0v) is 12.5. The first kappa shape index (κ1) is 15.3. The van der Waals surface area contributed by atoms with Crippen molar-refractivity contribution >= 4 is 0 Å². The van der Waals surface area contributed by atoms with Crippen molar-refractivity contribution in [2.45, 2.75) is 25.3 Å². The second-order valence-corrected chi connectivity index (χ2v) is 5.31. The molecule has 1 aliphatic rings. The maximum atomic E-state index is 9.77. The predicted octanol–water partition coefficient (Wildman–Crippen LogP) is 2.36. The van der Waals surface area contributed by atoms with E-state index in [1.54, 1.807) is 20.3 Å². The van der Waals surface area contributed by atoms with Crippen LogP contribution in [0.5, 0.6) is 5.75 Å². The van der Waals surface area contributed by atoms with Gasteiger partial charge in [-0.3, -0.25) is 4.90 Å². The third-order valence-electron chi connectivity index (χ3n) is 4.02. The summed E-state index contributed by atoms with van der Waals surface area (Å²) < 4.78 is 10.4. The van der Waals surface area contributed by atoms with Crippen LogP contribution in [0.4, 0.5) is 0 Å². The summed E-state index contributed by atoms with van der Waals surface area (Å²) in [4.78, 5) is 2.41. The first-order chi connectivity index (χ1) is 9.76. The summed E-state index contributed by atoms with van der Waals surface area (Å²) in [5, 5.41) is 9.77. The molecule has 0 heterocycles. The largest absolute Gasteiger partial charge is 0.508 e. The van der Waals surface area contributed by atoms with Crippen LogP contribution in [0.25, 0.3) is 0 Å². The van der Waals surface area contributed by atoms with Crippen LogP contribution in [0.1, 0.15) is 30.0 Å². The quantitative estimate of drug-likeness (QED) is 0.832. The summed E-state index contributed by atoms with van der Waals surface area (Å²) in [5.41, 5.74) is 2.63. The minimum Gasteiger partial charge on any atom is -0.508 e. The molecule has 112 valence electrons. The van der Waals surface area contributed by atoms with Crippen molar-refractivity contribution in [3.63, 3.8) is 0 Å². The lowest BCUT2D eigenvalue weighted by Gasteiger charge is -2.35. The van der Waals surface area contributed by atoms with E-state index in [1.807, 2.05) is 6.07 Å². The van der Waals surface area contributed by atoms with Gasteiger partial charge in [0.25, 0.3) is 0 Å². The highest BCUT2D eigenvalue weighted by Gasteiger charge is 2.25. The van der Waals surface area contributed by atoms with E-state index in [4.69, 9.17) is 9.47 Å². The molecule has 0 aromatic heterocycles. The van der Waals surface area contributed by atoms with Gasteiger partial charge in [0.2, 0.25) is 0 Å². The average molecular weight is 279 g/mol. The second kappa shape index (κ2) is 7.62. The highest BCUT2D eigenvalue weighted by molar-refractivity contribution is 5.38. The van der Waals surface area contributed by atoms with Crippen molar-refractivity contribution in [1.82, 2.24) is 4.90 Å². The highest BCUT2D eigenvalue weighted by Crippen LogP contribution is 2.35. The van der Waals surface area contributed by atoms with Crippen LogP contribution in [-0.2, 0) is 15.9 Å². The van der Waals surface area contributed by atoms with Gasteiger partial charge in [-0.2, -0.15) is 0 Å². The van der Waals surface area contributed by atoms with Gasteiger partial charge in [-0.15, -0.1) is 0 Å². The molecule has 4 nitrogen and oxygen atoms in total.